The number of amides is 1. The summed E-state index contributed by atoms with van der Waals surface area (Å²) in [5.74, 6) is -0.262. The highest BCUT2D eigenvalue weighted by Crippen LogP contribution is 2.35. The lowest BCUT2D eigenvalue weighted by atomic mass is 9.90. The van der Waals surface area contributed by atoms with Gasteiger partial charge >= 0.3 is 0 Å². The Kier molecular flexibility index (Phi) is 4.49. The van der Waals surface area contributed by atoms with Gasteiger partial charge in [-0.1, -0.05) is 0 Å². The van der Waals surface area contributed by atoms with E-state index >= 15 is 0 Å². The number of carbonyl (C=O) groups excluding carboxylic acids is 1. The lowest BCUT2D eigenvalue weighted by molar-refractivity contribution is -0.124. The van der Waals surface area contributed by atoms with E-state index in [0.29, 0.717) is 17.4 Å². The van der Waals surface area contributed by atoms with Crippen LogP contribution in [0.4, 0.5) is 0 Å². The van der Waals surface area contributed by atoms with Gasteiger partial charge in [0.05, 0.1) is 0 Å². The number of aromatic nitrogens is 3. The first-order valence-electron chi connectivity index (χ1n) is 10.2. The average molecular weight is 416 g/mol. The molecule has 1 aliphatic carbocycles. The van der Waals surface area contributed by atoms with Crippen molar-refractivity contribution in [3.8, 4) is 0 Å². The largest absolute Gasteiger partial charge is 0.385 e. The molecular weight excluding hydrogens is 390 g/mol. The number of nitrogens with two attached hydrogens (primary N) is 1. The second kappa shape index (κ2) is 6.93. The first-order chi connectivity index (χ1) is 14.0. The molecule has 29 heavy (non-hydrogen) atoms. The molecule has 2 fully saturated rings. The van der Waals surface area contributed by atoms with Crippen LogP contribution in [0, 0.1) is 5.92 Å². The number of rotatable bonds is 5. The molecule has 3 N–H and O–H groups in total. The highest BCUT2D eigenvalue weighted by Gasteiger charge is 2.39. The number of hydrogen-bond donors (Lipinski definition) is 2. The topological polar surface area (TPSA) is 106 Å². The number of piperidine rings is 1. The van der Waals surface area contributed by atoms with E-state index in [0.717, 1.165) is 36.1 Å². The minimum Gasteiger partial charge on any atom is -0.385 e. The number of fused-ring (bicyclic) bond motifs is 3. The van der Waals surface area contributed by atoms with Crippen LogP contribution in [0.25, 0.3) is 15.7 Å². The molecule has 1 amide bonds. The number of thiophene rings is 1. The Balaban J connectivity index is 1.66. The number of primary amides is 1. The van der Waals surface area contributed by atoms with Gasteiger partial charge in [-0.15, -0.1) is 11.3 Å². The van der Waals surface area contributed by atoms with E-state index in [2.05, 4.69) is 10.00 Å². The third-order valence-electron chi connectivity index (χ3n) is 6.20. The second-order valence-electron chi connectivity index (χ2n) is 8.31. The quantitative estimate of drug-likeness (QED) is 0.659. The van der Waals surface area contributed by atoms with E-state index in [-0.39, 0.29) is 11.5 Å². The van der Waals surface area contributed by atoms with Gasteiger partial charge in [0.2, 0.25) is 5.91 Å². The van der Waals surface area contributed by atoms with Crippen LogP contribution < -0.4 is 11.3 Å². The Bertz CT molecular complexity index is 1140. The van der Waals surface area contributed by atoms with Crippen LogP contribution in [0.2, 0.25) is 0 Å². The molecule has 9 heteroatoms. The normalized spacial score (nSPS) is 22.9. The van der Waals surface area contributed by atoms with Crippen molar-refractivity contribution < 1.29 is 9.90 Å². The van der Waals surface area contributed by atoms with Gasteiger partial charge in [0.1, 0.15) is 22.5 Å². The summed E-state index contributed by atoms with van der Waals surface area (Å²) < 4.78 is 2.95. The molecule has 0 spiro atoms. The predicted octanol–water partition coefficient (Wildman–Crippen LogP) is 1.66. The number of aliphatic hydroxyl groups excluding tert-OH is 1. The molecule has 1 saturated heterocycles. The summed E-state index contributed by atoms with van der Waals surface area (Å²) in [6.07, 6.45) is 3.31. The summed E-state index contributed by atoms with van der Waals surface area (Å²) in [5, 5.41) is 17.7. The zero-order valence-corrected chi connectivity index (χ0v) is 17.1. The van der Waals surface area contributed by atoms with Crippen LogP contribution in [-0.2, 0) is 4.79 Å². The summed E-state index contributed by atoms with van der Waals surface area (Å²) >= 11 is 1.49. The Morgan fingerprint density at radius 3 is 2.86 bits per heavy atom. The maximum Gasteiger partial charge on any atom is 0.291 e. The van der Waals surface area contributed by atoms with E-state index in [1.165, 1.54) is 28.9 Å². The number of hydrogen-bond acceptors (Lipinski definition) is 6. The first kappa shape index (κ1) is 18.8. The lowest BCUT2D eigenvalue weighted by Crippen LogP contribution is -2.47. The van der Waals surface area contributed by atoms with E-state index in [1.54, 1.807) is 17.4 Å². The minimum absolute atomic E-state index is 0.0626. The molecule has 0 aromatic carbocycles. The number of aliphatic hydroxyl groups is 1. The van der Waals surface area contributed by atoms with Crippen molar-refractivity contribution in [3.63, 3.8) is 0 Å². The highest BCUT2D eigenvalue weighted by atomic mass is 32.1. The Hall–Kier alpha value is -2.23. The summed E-state index contributed by atoms with van der Waals surface area (Å²) in [6, 6.07) is 3.51. The van der Waals surface area contributed by atoms with Crippen LogP contribution in [0.5, 0.6) is 0 Å². The monoisotopic (exact) mass is 415 g/mol. The fraction of sp³-hybridized carbons (Fsp3) is 0.550. The van der Waals surface area contributed by atoms with Gasteiger partial charge in [0.15, 0.2) is 5.82 Å². The zero-order valence-electron chi connectivity index (χ0n) is 16.3. The van der Waals surface area contributed by atoms with Gasteiger partial charge in [-0.2, -0.15) is 5.10 Å². The van der Waals surface area contributed by atoms with E-state index < -0.39 is 18.1 Å². The second-order valence-corrected chi connectivity index (χ2v) is 9.20. The Morgan fingerprint density at radius 2 is 2.17 bits per heavy atom. The summed E-state index contributed by atoms with van der Waals surface area (Å²) in [7, 11) is 0. The third kappa shape index (κ3) is 3.08. The van der Waals surface area contributed by atoms with Crippen molar-refractivity contribution in [2.45, 2.75) is 50.8 Å². The van der Waals surface area contributed by atoms with Crippen LogP contribution in [0.1, 0.15) is 50.6 Å². The summed E-state index contributed by atoms with van der Waals surface area (Å²) in [4.78, 5) is 29.2. The maximum absolute atomic E-state index is 13.4. The molecule has 1 aliphatic heterocycles. The molecule has 0 radical (unpaired) electrons. The smallest absolute Gasteiger partial charge is 0.291 e. The van der Waals surface area contributed by atoms with Crippen LogP contribution in [0.15, 0.2) is 22.3 Å². The molecule has 1 saturated carbocycles. The molecule has 0 bridgehead atoms. The SMILES string of the molecule is CC(O)c1nn(C(C(N)=O)[C@@H]2CCCN(C3CC3)C2)c(=O)c2cc3ccsc3n12. The molecule has 2 unspecified atom stereocenters. The van der Waals surface area contributed by atoms with Gasteiger partial charge in [-0.25, -0.2) is 4.68 Å². The van der Waals surface area contributed by atoms with Crippen LogP contribution in [0.3, 0.4) is 0 Å². The fourth-order valence-electron chi connectivity index (χ4n) is 4.71. The average Bonchev–Trinajstić information content (AvgIpc) is 3.33. The Morgan fingerprint density at radius 1 is 1.38 bits per heavy atom. The van der Waals surface area contributed by atoms with Gasteiger partial charge in [-0.05, 0) is 56.7 Å². The molecule has 5 rings (SSSR count). The number of likely N-dealkylation sites (tertiary alicyclic amines) is 1. The maximum atomic E-state index is 13.4. The van der Waals surface area contributed by atoms with Crippen molar-refractivity contribution in [1.29, 1.82) is 0 Å². The molecular formula is C20H25N5O3S. The molecule has 4 heterocycles. The van der Waals surface area contributed by atoms with E-state index in [1.807, 2.05) is 11.4 Å². The predicted molar refractivity (Wildman–Crippen MR) is 111 cm³/mol. The van der Waals surface area contributed by atoms with Crippen molar-refractivity contribution in [2.24, 2.45) is 11.7 Å². The van der Waals surface area contributed by atoms with Crippen LogP contribution >= 0.6 is 11.3 Å². The molecule has 3 atom stereocenters. The summed E-state index contributed by atoms with van der Waals surface area (Å²) in [6.45, 7) is 3.39. The summed E-state index contributed by atoms with van der Waals surface area (Å²) in [5.41, 5.74) is 5.88. The molecule has 8 nitrogen and oxygen atoms in total. The standard InChI is InChI=1S/C20H25N5O3S/c1-11(26)18-22-25(19(28)15-9-12-6-8-29-20(12)24(15)18)16(17(21)27)13-3-2-7-23(10-13)14-4-5-14/h6,8-9,11,13-14,16,26H,2-5,7,10H2,1H3,(H2,21,27)/t11?,13-,16?/m1/s1. The molecule has 154 valence electrons. The third-order valence-corrected chi connectivity index (χ3v) is 7.12. The van der Waals surface area contributed by atoms with Gasteiger partial charge < -0.3 is 15.7 Å². The molecule has 3 aromatic heterocycles. The first-order valence-corrected chi connectivity index (χ1v) is 11.1. The lowest BCUT2D eigenvalue weighted by Gasteiger charge is -2.36. The highest BCUT2D eigenvalue weighted by molar-refractivity contribution is 7.16. The van der Waals surface area contributed by atoms with Crippen molar-refractivity contribution in [3.05, 3.63) is 33.7 Å². The zero-order chi connectivity index (χ0) is 20.3. The fourth-order valence-corrected chi connectivity index (χ4v) is 5.61. The Labute approximate surface area is 171 Å². The van der Waals surface area contributed by atoms with Crippen molar-refractivity contribution >= 4 is 33.0 Å². The molecule has 3 aromatic rings. The van der Waals surface area contributed by atoms with Crippen molar-refractivity contribution in [2.75, 3.05) is 13.1 Å². The number of carbonyl (C=O) groups is 1. The van der Waals surface area contributed by atoms with Crippen LogP contribution in [-0.4, -0.2) is 49.2 Å². The van der Waals surface area contributed by atoms with E-state index in [4.69, 9.17) is 5.73 Å². The van der Waals surface area contributed by atoms with E-state index in [9.17, 15) is 14.7 Å². The number of nitrogens with zero attached hydrogens (tertiary/aromatic N) is 4. The van der Waals surface area contributed by atoms with Gasteiger partial charge in [0, 0.05) is 23.9 Å². The molecule has 2 aliphatic rings. The van der Waals surface area contributed by atoms with Crippen molar-refractivity contribution in [1.82, 2.24) is 19.1 Å². The van der Waals surface area contributed by atoms with Gasteiger partial charge in [0.25, 0.3) is 5.56 Å². The van der Waals surface area contributed by atoms with Gasteiger partial charge in [-0.3, -0.25) is 14.0 Å². The minimum atomic E-state index is -0.898.